The van der Waals surface area contributed by atoms with E-state index in [0.29, 0.717) is 23.0 Å². The average Bonchev–Trinajstić information content (AvgIpc) is 3.35. The number of benzene rings is 1. The summed E-state index contributed by atoms with van der Waals surface area (Å²) in [6, 6.07) is 5.73. The molecule has 1 aliphatic carbocycles. The molecule has 1 heterocycles. The third-order valence-electron chi connectivity index (χ3n) is 3.59. The van der Waals surface area contributed by atoms with Crippen molar-refractivity contribution in [3.05, 3.63) is 34.4 Å². The zero-order valence-electron chi connectivity index (χ0n) is 13.3. The first-order valence-electron chi connectivity index (χ1n) is 7.75. The van der Waals surface area contributed by atoms with Crippen LogP contribution in [-0.2, 0) is 0 Å². The molecule has 23 heavy (non-hydrogen) atoms. The van der Waals surface area contributed by atoms with Crippen LogP contribution < -0.4 is 9.47 Å². The second kappa shape index (κ2) is 6.95. The maximum Gasteiger partial charge on any atom is 0.216 e. The molecule has 0 aliphatic heterocycles. The van der Waals surface area contributed by atoms with Gasteiger partial charge in [-0.05, 0) is 55.2 Å². The van der Waals surface area contributed by atoms with E-state index in [2.05, 4.69) is 22.2 Å². The van der Waals surface area contributed by atoms with Gasteiger partial charge in [0.1, 0.15) is 0 Å². The minimum absolute atomic E-state index is 0.472. The Morgan fingerprint density at radius 1 is 1.43 bits per heavy atom. The largest absolute Gasteiger partial charge is 0.493 e. The zero-order valence-corrected chi connectivity index (χ0v) is 14.1. The number of hydrogen-bond donors (Lipinski definition) is 1. The molecule has 7 heteroatoms. The average molecular weight is 332 g/mol. The predicted octanol–water partition coefficient (Wildman–Crippen LogP) is 3.50. The summed E-state index contributed by atoms with van der Waals surface area (Å²) in [7, 11) is 1.63. The third kappa shape index (κ3) is 3.61. The maximum absolute atomic E-state index is 5.65. The number of hydrogen-bond acceptors (Lipinski definition) is 5. The molecule has 3 rings (SSSR count). The Hall–Kier alpha value is -2.15. The second-order valence-corrected chi connectivity index (χ2v) is 5.86. The number of H-pyrrole nitrogens is 1. The van der Waals surface area contributed by atoms with Gasteiger partial charge < -0.3 is 9.47 Å². The Kier molecular flexibility index (Phi) is 4.76. The molecule has 2 aromatic rings. The van der Waals surface area contributed by atoms with Crippen LogP contribution in [0.2, 0.25) is 0 Å². The fourth-order valence-corrected chi connectivity index (χ4v) is 2.43. The van der Waals surface area contributed by atoms with Gasteiger partial charge in [0, 0.05) is 5.92 Å². The Morgan fingerprint density at radius 2 is 2.26 bits per heavy atom. The van der Waals surface area contributed by atoms with E-state index >= 15 is 0 Å². The fourth-order valence-electron chi connectivity index (χ4n) is 2.24. The van der Waals surface area contributed by atoms with Gasteiger partial charge in [-0.3, -0.25) is 5.10 Å². The number of rotatable bonds is 7. The molecule has 122 valence electrons. The molecule has 0 radical (unpaired) electrons. The molecule has 0 saturated heterocycles. The van der Waals surface area contributed by atoms with E-state index in [1.54, 1.807) is 18.0 Å². The van der Waals surface area contributed by atoms with E-state index in [0.717, 1.165) is 36.4 Å². The molecule has 1 aromatic heterocycles. The van der Waals surface area contributed by atoms with Gasteiger partial charge in [-0.25, -0.2) is 0 Å². The lowest BCUT2D eigenvalue weighted by Crippen LogP contribution is -1.99. The van der Waals surface area contributed by atoms with E-state index in [9.17, 15) is 0 Å². The van der Waals surface area contributed by atoms with Crippen molar-refractivity contribution in [2.24, 2.45) is 5.10 Å². The van der Waals surface area contributed by atoms with Crippen LogP contribution in [0.5, 0.6) is 11.5 Å². The van der Waals surface area contributed by atoms with Crippen LogP contribution in [-0.4, -0.2) is 34.8 Å². The van der Waals surface area contributed by atoms with Crippen LogP contribution in [0.4, 0.5) is 0 Å². The standard InChI is InChI=1S/C16H20N4O2S/c1-3-8-22-13-7-4-11(9-14(13)21-2)10-17-20-15(12-5-6-12)18-19-16(20)23/h4,7,9-10,12H,3,5-6,8H2,1-2H3,(H,19,23)/b17-10-. The molecule has 0 amide bonds. The Balaban J connectivity index is 1.82. The van der Waals surface area contributed by atoms with Crippen LogP contribution in [0.1, 0.15) is 43.5 Å². The molecular weight excluding hydrogens is 312 g/mol. The van der Waals surface area contributed by atoms with Gasteiger partial charge >= 0.3 is 0 Å². The smallest absolute Gasteiger partial charge is 0.216 e. The fraction of sp³-hybridized carbons (Fsp3) is 0.438. The van der Waals surface area contributed by atoms with Gasteiger partial charge in [0.05, 0.1) is 19.9 Å². The first kappa shape index (κ1) is 15.7. The van der Waals surface area contributed by atoms with E-state index in [1.807, 2.05) is 18.2 Å². The van der Waals surface area contributed by atoms with Gasteiger partial charge in [0.2, 0.25) is 4.77 Å². The molecule has 0 atom stereocenters. The second-order valence-electron chi connectivity index (χ2n) is 5.48. The minimum atomic E-state index is 0.472. The van der Waals surface area contributed by atoms with Crippen molar-refractivity contribution >= 4 is 18.4 Å². The van der Waals surface area contributed by atoms with Gasteiger partial charge in [-0.1, -0.05) is 6.92 Å². The van der Waals surface area contributed by atoms with Crippen LogP contribution in [0.25, 0.3) is 0 Å². The number of ether oxygens (including phenoxy) is 2. The maximum atomic E-state index is 5.65. The summed E-state index contributed by atoms with van der Waals surface area (Å²) in [6.45, 7) is 2.73. The van der Waals surface area contributed by atoms with Gasteiger partial charge in [0.25, 0.3) is 0 Å². The monoisotopic (exact) mass is 332 g/mol. The highest BCUT2D eigenvalue weighted by Gasteiger charge is 2.29. The molecule has 1 fully saturated rings. The molecule has 1 aromatic carbocycles. The molecular formula is C16H20N4O2S. The van der Waals surface area contributed by atoms with Crippen LogP contribution in [0.3, 0.4) is 0 Å². The van der Waals surface area contributed by atoms with E-state index in [4.69, 9.17) is 21.7 Å². The summed E-state index contributed by atoms with van der Waals surface area (Å²) in [5, 5.41) is 11.5. The van der Waals surface area contributed by atoms with Crippen LogP contribution in [0.15, 0.2) is 23.3 Å². The summed E-state index contributed by atoms with van der Waals surface area (Å²) in [4.78, 5) is 0. The normalized spacial score (nSPS) is 14.3. The Bertz CT molecular complexity index is 762. The lowest BCUT2D eigenvalue weighted by atomic mass is 10.2. The highest BCUT2D eigenvalue weighted by atomic mass is 32.1. The third-order valence-corrected chi connectivity index (χ3v) is 3.85. The van der Waals surface area contributed by atoms with Crippen LogP contribution >= 0.6 is 12.2 Å². The SMILES string of the molecule is CCCOc1ccc(/C=N\n2c(C3CC3)n[nH]c2=S)cc1OC. The highest BCUT2D eigenvalue weighted by molar-refractivity contribution is 7.71. The summed E-state index contributed by atoms with van der Waals surface area (Å²) >= 11 is 5.24. The summed E-state index contributed by atoms with van der Waals surface area (Å²) in [5.41, 5.74) is 0.913. The molecule has 1 aliphatic rings. The molecule has 1 saturated carbocycles. The number of nitrogens with one attached hydrogen (secondary N) is 1. The van der Waals surface area contributed by atoms with Crippen molar-refractivity contribution in [2.75, 3.05) is 13.7 Å². The first-order valence-corrected chi connectivity index (χ1v) is 8.16. The van der Waals surface area contributed by atoms with Crippen molar-refractivity contribution in [2.45, 2.75) is 32.1 Å². The Morgan fingerprint density at radius 3 is 2.96 bits per heavy atom. The minimum Gasteiger partial charge on any atom is -0.493 e. The van der Waals surface area contributed by atoms with Crippen LogP contribution in [0, 0.1) is 4.77 Å². The summed E-state index contributed by atoms with van der Waals surface area (Å²) in [5.74, 6) is 2.81. The predicted molar refractivity (Wildman–Crippen MR) is 91.2 cm³/mol. The van der Waals surface area contributed by atoms with Gasteiger partial charge in [-0.2, -0.15) is 14.9 Å². The zero-order chi connectivity index (χ0) is 16.2. The molecule has 0 spiro atoms. The van der Waals surface area contributed by atoms with Crippen molar-refractivity contribution in [3.8, 4) is 11.5 Å². The molecule has 6 nitrogen and oxygen atoms in total. The number of nitrogens with zero attached hydrogens (tertiary/aromatic N) is 3. The van der Waals surface area contributed by atoms with Crippen molar-refractivity contribution in [1.82, 2.24) is 14.9 Å². The van der Waals surface area contributed by atoms with Crippen molar-refractivity contribution in [1.29, 1.82) is 0 Å². The molecule has 1 N–H and O–H groups in total. The number of aromatic amines is 1. The topological polar surface area (TPSA) is 64.4 Å². The van der Waals surface area contributed by atoms with Crippen molar-refractivity contribution in [3.63, 3.8) is 0 Å². The van der Waals surface area contributed by atoms with Crippen molar-refractivity contribution < 1.29 is 9.47 Å². The summed E-state index contributed by atoms with van der Waals surface area (Å²) < 4.78 is 13.2. The molecule has 0 unspecified atom stereocenters. The van der Waals surface area contributed by atoms with E-state index in [1.165, 1.54) is 0 Å². The van der Waals surface area contributed by atoms with E-state index in [-0.39, 0.29) is 0 Å². The van der Waals surface area contributed by atoms with Gasteiger partial charge in [0.15, 0.2) is 17.3 Å². The quantitative estimate of drug-likeness (QED) is 0.622. The summed E-state index contributed by atoms with van der Waals surface area (Å²) in [6.07, 6.45) is 5.00. The lowest BCUT2D eigenvalue weighted by molar-refractivity contribution is 0.294. The van der Waals surface area contributed by atoms with E-state index < -0.39 is 0 Å². The molecule has 0 bridgehead atoms. The lowest BCUT2D eigenvalue weighted by Gasteiger charge is -2.10. The highest BCUT2D eigenvalue weighted by Crippen LogP contribution is 2.38. The number of aromatic nitrogens is 3. The first-order chi connectivity index (χ1) is 11.2. The number of methoxy groups -OCH3 is 1. The Labute approximate surface area is 140 Å². The van der Waals surface area contributed by atoms with Gasteiger partial charge in [-0.15, -0.1) is 0 Å².